The second kappa shape index (κ2) is 5.67. The largest absolute Gasteiger partial charge is 0.396 e. The first-order valence-corrected chi connectivity index (χ1v) is 9.95. The molecule has 0 aromatic heterocycles. The molecule has 0 aromatic rings. The second-order valence-electron chi connectivity index (χ2n) is 9.29. The van der Waals surface area contributed by atoms with Gasteiger partial charge in [0, 0.05) is 11.8 Å². The van der Waals surface area contributed by atoms with Crippen LogP contribution >= 0.6 is 0 Å². The fourth-order valence-corrected chi connectivity index (χ4v) is 7.43. The first kappa shape index (κ1) is 16.8. The van der Waals surface area contributed by atoms with Gasteiger partial charge in [-0.25, -0.2) is 0 Å². The highest BCUT2D eigenvalue weighted by molar-refractivity contribution is 5.91. The van der Waals surface area contributed by atoms with Crippen molar-refractivity contribution < 1.29 is 15.0 Å². The van der Waals surface area contributed by atoms with E-state index >= 15 is 0 Å². The van der Waals surface area contributed by atoms with Crippen molar-refractivity contribution in [1.82, 2.24) is 0 Å². The van der Waals surface area contributed by atoms with Crippen LogP contribution in [0.25, 0.3) is 0 Å². The summed E-state index contributed by atoms with van der Waals surface area (Å²) in [5.41, 5.74) is 1.17. The number of hydrogen-bond donors (Lipinski definition) is 2. The van der Waals surface area contributed by atoms with E-state index in [9.17, 15) is 15.0 Å². The van der Waals surface area contributed by atoms with E-state index in [0.717, 1.165) is 44.4 Å². The molecule has 0 aromatic carbocycles. The summed E-state index contributed by atoms with van der Waals surface area (Å²) in [5.74, 6) is 3.01. The summed E-state index contributed by atoms with van der Waals surface area (Å²) >= 11 is 0. The monoisotopic (exact) mass is 332 g/mol. The highest BCUT2D eigenvalue weighted by Crippen LogP contribution is 2.68. The van der Waals surface area contributed by atoms with E-state index < -0.39 is 6.10 Å². The van der Waals surface area contributed by atoms with Crippen LogP contribution in [0.15, 0.2) is 11.6 Å². The molecule has 3 fully saturated rings. The molecule has 4 aliphatic rings. The van der Waals surface area contributed by atoms with Crippen LogP contribution in [0.5, 0.6) is 0 Å². The zero-order valence-corrected chi connectivity index (χ0v) is 15.1. The minimum absolute atomic E-state index is 0.0583. The Morgan fingerprint density at radius 2 is 1.96 bits per heavy atom. The van der Waals surface area contributed by atoms with E-state index in [1.165, 1.54) is 18.4 Å². The number of aliphatic hydroxyl groups excluding tert-OH is 2. The first-order chi connectivity index (χ1) is 11.4. The summed E-state index contributed by atoms with van der Waals surface area (Å²) in [4.78, 5) is 11.8. The van der Waals surface area contributed by atoms with Gasteiger partial charge in [0.1, 0.15) is 0 Å². The molecule has 3 nitrogen and oxygen atoms in total. The molecule has 0 spiro atoms. The summed E-state index contributed by atoms with van der Waals surface area (Å²) in [5, 5.41) is 20.7. The molecule has 0 amide bonds. The van der Waals surface area contributed by atoms with Crippen LogP contribution in [0.3, 0.4) is 0 Å². The van der Waals surface area contributed by atoms with Crippen LogP contribution < -0.4 is 0 Å². The standard InChI is InChI=1S/C21H32O3/c1-13(23)21(12-22)10-8-19-18-5-3-14-11-15(24)4-6-16(14)17(18)7-9-20(19,21)2/h11,13,16-19,22-23H,3-10,12H2,1-2H3/t13?,16-,17+,18+,19-,20-,21-/m0/s1. The number of rotatable bonds is 2. The number of hydrogen-bond acceptors (Lipinski definition) is 3. The van der Waals surface area contributed by atoms with Gasteiger partial charge in [0.05, 0.1) is 12.7 Å². The maximum Gasteiger partial charge on any atom is 0.155 e. The van der Waals surface area contributed by atoms with Crippen molar-refractivity contribution in [3.05, 3.63) is 11.6 Å². The van der Waals surface area contributed by atoms with Gasteiger partial charge in [-0.15, -0.1) is 0 Å². The molecule has 0 heterocycles. The predicted molar refractivity (Wildman–Crippen MR) is 93.3 cm³/mol. The highest BCUT2D eigenvalue weighted by Gasteiger charge is 2.63. The van der Waals surface area contributed by atoms with Crippen molar-refractivity contribution in [1.29, 1.82) is 0 Å². The van der Waals surface area contributed by atoms with Crippen LogP contribution in [-0.2, 0) is 4.79 Å². The van der Waals surface area contributed by atoms with Gasteiger partial charge in [0.2, 0.25) is 0 Å². The van der Waals surface area contributed by atoms with Crippen molar-refractivity contribution in [2.24, 2.45) is 34.5 Å². The van der Waals surface area contributed by atoms with Gasteiger partial charge in [0.25, 0.3) is 0 Å². The smallest absolute Gasteiger partial charge is 0.155 e. The Labute approximate surface area is 145 Å². The van der Waals surface area contributed by atoms with Gasteiger partial charge in [-0.2, -0.15) is 0 Å². The average Bonchev–Trinajstić information content (AvgIpc) is 2.87. The molecular weight excluding hydrogens is 300 g/mol. The third-order valence-electron chi connectivity index (χ3n) is 8.81. The van der Waals surface area contributed by atoms with E-state index in [2.05, 4.69) is 6.92 Å². The second-order valence-corrected chi connectivity index (χ2v) is 9.29. The van der Waals surface area contributed by atoms with Crippen molar-refractivity contribution in [3.8, 4) is 0 Å². The topological polar surface area (TPSA) is 57.5 Å². The zero-order chi connectivity index (χ0) is 17.1. The first-order valence-electron chi connectivity index (χ1n) is 9.95. The molecule has 7 atom stereocenters. The number of fused-ring (bicyclic) bond motifs is 5. The lowest BCUT2D eigenvalue weighted by Crippen LogP contribution is -2.54. The molecule has 4 aliphatic carbocycles. The minimum atomic E-state index is -0.444. The van der Waals surface area contributed by atoms with Gasteiger partial charge in [0.15, 0.2) is 5.78 Å². The summed E-state index contributed by atoms with van der Waals surface area (Å²) in [7, 11) is 0. The van der Waals surface area contributed by atoms with E-state index in [1.54, 1.807) is 0 Å². The Balaban J connectivity index is 1.65. The molecule has 0 radical (unpaired) electrons. The number of allylic oxidation sites excluding steroid dienone is 1. The SMILES string of the molecule is CC(O)[C@@]1(CO)CC[C@H]2[C@@H]3CCC4=CC(=O)CC[C@@H]4[C@H]3CC[C@@]21C. The van der Waals surface area contributed by atoms with Gasteiger partial charge in [-0.1, -0.05) is 12.5 Å². The van der Waals surface area contributed by atoms with Crippen LogP contribution in [-0.4, -0.2) is 28.7 Å². The van der Waals surface area contributed by atoms with E-state index in [4.69, 9.17) is 0 Å². The Bertz CT molecular complexity index is 565. The molecule has 0 saturated heterocycles. The number of carbonyl (C=O) groups is 1. The van der Waals surface area contributed by atoms with E-state index in [-0.39, 0.29) is 17.4 Å². The lowest BCUT2D eigenvalue weighted by Gasteiger charge is -2.57. The van der Waals surface area contributed by atoms with Crippen molar-refractivity contribution >= 4 is 5.78 Å². The quantitative estimate of drug-likeness (QED) is 0.814. The molecule has 1 unspecified atom stereocenters. The fourth-order valence-electron chi connectivity index (χ4n) is 7.43. The molecule has 0 aliphatic heterocycles. The number of carbonyl (C=O) groups excluding carboxylic acids is 1. The minimum Gasteiger partial charge on any atom is -0.396 e. The zero-order valence-electron chi connectivity index (χ0n) is 15.1. The molecule has 4 rings (SSSR count). The van der Waals surface area contributed by atoms with Crippen LogP contribution in [0.1, 0.15) is 65.2 Å². The summed E-state index contributed by atoms with van der Waals surface area (Å²) < 4.78 is 0. The maximum absolute atomic E-state index is 11.8. The molecule has 3 saturated carbocycles. The summed E-state index contributed by atoms with van der Waals surface area (Å²) in [6.45, 7) is 4.34. The number of aliphatic hydroxyl groups is 2. The Morgan fingerprint density at radius 3 is 2.67 bits per heavy atom. The predicted octanol–water partition coefficient (Wildman–Crippen LogP) is 3.49. The van der Waals surface area contributed by atoms with E-state index in [0.29, 0.717) is 23.5 Å². The molecule has 2 N–H and O–H groups in total. The molecule has 0 bridgehead atoms. The van der Waals surface area contributed by atoms with Crippen molar-refractivity contribution in [2.75, 3.05) is 6.61 Å². The van der Waals surface area contributed by atoms with Crippen LogP contribution in [0, 0.1) is 34.5 Å². The third kappa shape index (κ3) is 2.07. The average molecular weight is 332 g/mol. The Morgan fingerprint density at radius 1 is 1.17 bits per heavy atom. The lowest BCUT2D eigenvalue weighted by molar-refractivity contribution is -0.129. The normalized spacial score (nSPS) is 49.0. The Hall–Kier alpha value is -0.670. The maximum atomic E-state index is 11.8. The van der Waals surface area contributed by atoms with Crippen LogP contribution in [0.4, 0.5) is 0 Å². The molecule has 24 heavy (non-hydrogen) atoms. The van der Waals surface area contributed by atoms with Crippen LogP contribution in [0.2, 0.25) is 0 Å². The number of ketones is 1. The third-order valence-corrected chi connectivity index (χ3v) is 8.81. The lowest BCUT2D eigenvalue weighted by atomic mass is 9.48. The molecule has 134 valence electrons. The van der Waals surface area contributed by atoms with Gasteiger partial charge >= 0.3 is 0 Å². The van der Waals surface area contributed by atoms with Crippen molar-refractivity contribution in [3.63, 3.8) is 0 Å². The van der Waals surface area contributed by atoms with Crippen molar-refractivity contribution in [2.45, 2.75) is 71.3 Å². The fraction of sp³-hybridized carbons (Fsp3) is 0.857. The highest BCUT2D eigenvalue weighted by atomic mass is 16.3. The van der Waals surface area contributed by atoms with Gasteiger partial charge < -0.3 is 10.2 Å². The van der Waals surface area contributed by atoms with Gasteiger partial charge in [-0.3, -0.25) is 4.79 Å². The summed E-state index contributed by atoms with van der Waals surface area (Å²) in [6, 6.07) is 0. The van der Waals surface area contributed by atoms with E-state index in [1.807, 2.05) is 13.0 Å². The Kier molecular flexibility index (Phi) is 3.96. The van der Waals surface area contributed by atoms with Gasteiger partial charge in [-0.05, 0) is 87.0 Å². The molecule has 3 heteroatoms. The molecular formula is C21H32O3. The summed E-state index contributed by atoms with van der Waals surface area (Å²) in [6.07, 6.45) is 9.99.